The van der Waals surface area contributed by atoms with Gasteiger partial charge in [-0.3, -0.25) is 14.2 Å². The van der Waals surface area contributed by atoms with Crippen LogP contribution in [0, 0.1) is 6.92 Å². The zero-order chi connectivity index (χ0) is 19.7. The molecule has 0 bridgehead atoms. The second-order valence-corrected chi connectivity index (χ2v) is 7.40. The SMILES string of the molecule is COC(=O)c1sc2ncn(CC(=O)Nc3ccc(Cl)c(Cl)c3)c(=O)c2c1C. The molecule has 7 nitrogen and oxygen atoms in total. The van der Waals surface area contributed by atoms with Gasteiger partial charge in [-0.05, 0) is 30.7 Å². The highest BCUT2D eigenvalue weighted by molar-refractivity contribution is 7.20. The van der Waals surface area contributed by atoms with Crippen LogP contribution in [-0.4, -0.2) is 28.5 Å². The van der Waals surface area contributed by atoms with E-state index in [9.17, 15) is 14.4 Å². The summed E-state index contributed by atoms with van der Waals surface area (Å²) >= 11 is 12.8. The molecule has 2 aromatic heterocycles. The third kappa shape index (κ3) is 3.83. The monoisotopic (exact) mass is 425 g/mol. The average Bonchev–Trinajstić information content (AvgIpc) is 2.97. The van der Waals surface area contributed by atoms with E-state index in [1.807, 2.05) is 0 Å². The summed E-state index contributed by atoms with van der Waals surface area (Å²) < 4.78 is 5.89. The minimum absolute atomic E-state index is 0.245. The van der Waals surface area contributed by atoms with E-state index in [2.05, 4.69) is 10.3 Å². The third-order valence-electron chi connectivity index (χ3n) is 3.81. The first-order valence-electron chi connectivity index (χ1n) is 7.63. The number of amides is 1. The topological polar surface area (TPSA) is 90.3 Å². The number of nitrogens with zero attached hydrogens (tertiary/aromatic N) is 2. The number of ether oxygens (including phenoxy) is 1. The van der Waals surface area contributed by atoms with Gasteiger partial charge in [-0.15, -0.1) is 11.3 Å². The molecule has 0 radical (unpaired) electrons. The lowest BCUT2D eigenvalue weighted by Gasteiger charge is -2.08. The molecule has 1 amide bonds. The van der Waals surface area contributed by atoms with Crippen LogP contribution in [0.3, 0.4) is 0 Å². The molecule has 0 spiro atoms. The highest BCUT2D eigenvalue weighted by Crippen LogP contribution is 2.27. The predicted molar refractivity (Wildman–Crippen MR) is 105 cm³/mol. The molecule has 1 N–H and O–H groups in total. The van der Waals surface area contributed by atoms with Crippen LogP contribution in [0.25, 0.3) is 10.2 Å². The van der Waals surface area contributed by atoms with E-state index in [0.717, 1.165) is 11.3 Å². The van der Waals surface area contributed by atoms with Crippen molar-refractivity contribution in [3.8, 4) is 0 Å². The Balaban J connectivity index is 1.88. The van der Waals surface area contributed by atoms with E-state index < -0.39 is 17.4 Å². The minimum atomic E-state index is -0.529. The summed E-state index contributed by atoms with van der Waals surface area (Å²) in [6.45, 7) is 1.40. The number of aromatic nitrogens is 2. The summed E-state index contributed by atoms with van der Waals surface area (Å²) in [5.41, 5.74) is 0.531. The average molecular weight is 426 g/mol. The molecule has 0 aliphatic carbocycles. The number of hydrogen-bond acceptors (Lipinski definition) is 6. The van der Waals surface area contributed by atoms with Crippen molar-refractivity contribution < 1.29 is 14.3 Å². The minimum Gasteiger partial charge on any atom is -0.465 e. The Bertz CT molecular complexity index is 1120. The van der Waals surface area contributed by atoms with Crippen LogP contribution in [0.15, 0.2) is 29.3 Å². The fourth-order valence-corrected chi connectivity index (χ4v) is 3.84. The van der Waals surface area contributed by atoms with Gasteiger partial charge in [-0.25, -0.2) is 9.78 Å². The maximum Gasteiger partial charge on any atom is 0.348 e. The molecule has 0 aliphatic heterocycles. The molecule has 1 aromatic carbocycles. The summed E-state index contributed by atoms with van der Waals surface area (Å²) in [5, 5.41) is 3.61. The van der Waals surface area contributed by atoms with Crippen LogP contribution >= 0.6 is 34.5 Å². The molecular weight excluding hydrogens is 413 g/mol. The first kappa shape index (κ1) is 19.3. The maximum atomic E-state index is 12.7. The van der Waals surface area contributed by atoms with Crippen LogP contribution < -0.4 is 10.9 Å². The van der Waals surface area contributed by atoms with Gasteiger partial charge in [0.15, 0.2) is 0 Å². The van der Waals surface area contributed by atoms with Gasteiger partial charge in [0.25, 0.3) is 5.56 Å². The van der Waals surface area contributed by atoms with Crippen LogP contribution in [0.5, 0.6) is 0 Å². The molecule has 0 fully saturated rings. The van der Waals surface area contributed by atoms with Gasteiger partial charge in [-0.2, -0.15) is 0 Å². The van der Waals surface area contributed by atoms with Crippen molar-refractivity contribution in [2.45, 2.75) is 13.5 Å². The molecule has 0 saturated carbocycles. The number of esters is 1. The zero-order valence-corrected chi connectivity index (χ0v) is 16.5. The number of aryl methyl sites for hydroxylation is 1. The van der Waals surface area contributed by atoms with E-state index in [4.69, 9.17) is 27.9 Å². The highest BCUT2D eigenvalue weighted by Gasteiger charge is 2.20. The molecule has 0 unspecified atom stereocenters. The van der Waals surface area contributed by atoms with Crippen LogP contribution in [0.2, 0.25) is 10.0 Å². The smallest absolute Gasteiger partial charge is 0.348 e. The Morgan fingerprint density at radius 3 is 2.70 bits per heavy atom. The number of methoxy groups -OCH3 is 1. The number of nitrogens with one attached hydrogen (secondary N) is 1. The molecular formula is C17H13Cl2N3O4S. The van der Waals surface area contributed by atoms with Gasteiger partial charge in [-0.1, -0.05) is 23.2 Å². The Hall–Kier alpha value is -2.42. The number of carbonyl (C=O) groups excluding carboxylic acids is 2. The predicted octanol–water partition coefficient (Wildman–Crippen LogP) is 3.50. The van der Waals surface area contributed by atoms with Gasteiger partial charge in [0.05, 0.1) is 28.9 Å². The molecule has 3 aromatic rings. The van der Waals surface area contributed by atoms with Gasteiger partial charge in [0.1, 0.15) is 16.3 Å². The van der Waals surface area contributed by atoms with E-state index in [1.165, 1.54) is 24.1 Å². The van der Waals surface area contributed by atoms with E-state index in [0.29, 0.717) is 36.4 Å². The first-order valence-corrected chi connectivity index (χ1v) is 9.20. The number of carbonyl (C=O) groups is 2. The fraction of sp³-hybridized carbons (Fsp3) is 0.176. The zero-order valence-electron chi connectivity index (χ0n) is 14.2. The maximum absolute atomic E-state index is 12.7. The Labute approximate surface area is 167 Å². The van der Waals surface area contributed by atoms with Crippen LogP contribution in [-0.2, 0) is 16.1 Å². The van der Waals surface area contributed by atoms with Crippen molar-refractivity contribution in [3.05, 3.63) is 55.4 Å². The number of benzene rings is 1. The quantitative estimate of drug-likeness (QED) is 0.645. The summed E-state index contributed by atoms with van der Waals surface area (Å²) in [4.78, 5) is 41.7. The second kappa shape index (κ2) is 7.67. The molecule has 140 valence electrons. The lowest BCUT2D eigenvalue weighted by molar-refractivity contribution is -0.116. The summed E-state index contributed by atoms with van der Waals surface area (Å²) in [6, 6.07) is 4.67. The van der Waals surface area contributed by atoms with Crippen molar-refractivity contribution in [3.63, 3.8) is 0 Å². The van der Waals surface area contributed by atoms with Gasteiger partial charge < -0.3 is 10.1 Å². The number of hydrogen-bond donors (Lipinski definition) is 1. The summed E-state index contributed by atoms with van der Waals surface area (Å²) in [5.74, 6) is -0.962. The lowest BCUT2D eigenvalue weighted by atomic mass is 10.2. The first-order chi connectivity index (χ1) is 12.8. The van der Waals surface area contributed by atoms with Crippen molar-refractivity contribution in [1.82, 2.24) is 9.55 Å². The van der Waals surface area contributed by atoms with Crippen molar-refractivity contribution in [2.75, 3.05) is 12.4 Å². The molecule has 0 atom stereocenters. The number of rotatable bonds is 4. The Kier molecular flexibility index (Phi) is 5.50. The van der Waals surface area contributed by atoms with Crippen LogP contribution in [0.1, 0.15) is 15.2 Å². The van der Waals surface area contributed by atoms with E-state index >= 15 is 0 Å². The molecule has 0 saturated heterocycles. The second-order valence-electron chi connectivity index (χ2n) is 5.58. The number of anilines is 1. The van der Waals surface area contributed by atoms with Crippen LogP contribution in [0.4, 0.5) is 5.69 Å². The Morgan fingerprint density at radius 1 is 1.30 bits per heavy atom. The summed E-state index contributed by atoms with van der Waals surface area (Å²) in [7, 11) is 1.27. The van der Waals surface area contributed by atoms with Crippen molar-refractivity contribution >= 4 is 62.3 Å². The van der Waals surface area contributed by atoms with E-state index in [1.54, 1.807) is 19.1 Å². The van der Waals surface area contributed by atoms with E-state index in [-0.39, 0.29) is 6.54 Å². The fourth-order valence-electron chi connectivity index (χ4n) is 2.49. The lowest BCUT2D eigenvalue weighted by Crippen LogP contribution is -2.27. The summed E-state index contributed by atoms with van der Waals surface area (Å²) in [6.07, 6.45) is 1.27. The molecule has 3 rings (SSSR count). The van der Waals surface area contributed by atoms with Gasteiger partial charge >= 0.3 is 5.97 Å². The highest BCUT2D eigenvalue weighted by atomic mass is 35.5. The van der Waals surface area contributed by atoms with Gasteiger partial charge in [0.2, 0.25) is 5.91 Å². The van der Waals surface area contributed by atoms with Gasteiger partial charge in [0, 0.05) is 5.69 Å². The molecule has 0 aliphatic rings. The molecule has 27 heavy (non-hydrogen) atoms. The van der Waals surface area contributed by atoms with Crippen molar-refractivity contribution in [2.24, 2.45) is 0 Å². The largest absolute Gasteiger partial charge is 0.465 e. The standard InChI is InChI=1S/C17H13Cl2N3O4S/c1-8-13-15(27-14(8)17(25)26-2)20-7-22(16(13)24)6-12(23)21-9-3-4-10(18)11(19)5-9/h3-5,7H,6H2,1-2H3,(H,21,23). The third-order valence-corrected chi connectivity index (χ3v) is 5.72. The normalized spacial score (nSPS) is 10.8. The molecule has 10 heteroatoms. The number of halogens is 2. The number of fused-ring (bicyclic) bond motifs is 1. The Morgan fingerprint density at radius 2 is 2.04 bits per heavy atom. The number of thiophene rings is 1. The van der Waals surface area contributed by atoms with Crippen molar-refractivity contribution in [1.29, 1.82) is 0 Å². The molecule has 2 heterocycles.